The molecule has 0 aliphatic carbocycles. The third-order valence-electron chi connectivity index (χ3n) is 3.81. The predicted molar refractivity (Wildman–Crippen MR) is 102 cm³/mol. The lowest BCUT2D eigenvalue weighted by Gasteiger charge is -2.09. The molecule has 0 saturated heterocycles. The minimum absolute atomic E-state index is 0.214. The van der Waals surface area contributed by atoms with Gasteiger partial charge >= 0.3 is 0 Å². The van der Waals surface area contributed by atoms with Gasteiger partial charge in [-0.05, 0) is 54.8 Å². The molecule has 0 aliphatic heterocycles. The molecule has 4 heteroatoms. The van der Waals surface area contributed by atoms with Crippen LogP contribution < -0.4 is 10.6 Å². The number of nitrogens with one attached hydrogen (secondary N) is 2. The van der Waals surface area contributed by atoms with E-state index in [1.54, 1.807) is 12.3 Å². The molecule has 1 aromatic heterocycles. The number of rotatable bonds is 5. The first-order valence-electron chi connectivity index (χ1n) is 8.24. The number of amides is 1. The molecule has 2 N–H and O–H groups in total. The van der Waals surface area contributed by atoms with Crippen LogP contribution in [0.5, 0.6) is 0 Å². The van der Waals surface area contributed by atoms with Crippen molar-refractivity contribution >= 4 is 17.3 Å². The summed E-state index contributed by atoms with van der Waals surface area (Å²) < 4.78 is 0. The number of hydrogen-bond donors (Lipinski definition) is 2. The van der Waals surface area contributed by atoms with Crippen LogP contribution in [0.15, 0.2) is 66.9 Å². The molecular weight excluding hydrogens is 310 g/mol. The Hall–Kier alpha value is -3.14. The highest BCUT2D eigenvalue weighted by molar-refractivity contribution is 6.03. The average Bonchev–Trinajstić information content (AvgIpc) is 2.60. The van der Waals surface area contributed by atoms with E-state index in [1.807, 2.05) is 50.2 Å². The molecule has 1 heterocycles. The molecule has 25 heavy (non-hydrogen) atoms. The average molecular weight is 331 g/mol. The van der Waals surface area contributed by atoms with Crippen molar-refractivity contribution in [2.75, 3.05) is 10.6 Å². The molecule has 0 unspecified atom stereocenters. The molecular formula is C21H21N3O. The van der Waals surface area contributed by atoms with Crippen LogP contribution in [0.1, 0.15) is 27.2 Å². The van der Waals surface area contributed by atoms with Gasteiger partial charge in [0.25, 0.3) is 5.91 Å². The number of nitrogens with zero attached hydrogens (tertiary/aromatic N) is 1. The summed E-state index contributed by atoms with van der Waals surface area (Å²) in [6.07, 6.45) is 1.64. The van der Waals surface area contributed by atoms with E-state index in [2.05, 4.69) is 33.8 Å². The number of carbonyl (C=O) groups is 1. The second-order valence-corrected chi connectivity index (χ2v) is 6.10. The number of carbonyl (C=O) groups excluding carboxylic acids is 1. The van der Waals surface area contributed by atoms with Crippen LogP contribution in [0.4, 0.5) is 11.4 Å². The first kappa shape index (κ1) is 16.7. The zero-order valence-corrected chi connectivity index (χ0v) is 14.4. The quantitative estimate of drug-likeness (QED) is 0.720. The number of pyridine rings is 1. The van der Waals surface area contributed by atoms with Crippen LogP contribution in [-0.4, -0.2) is 10.9 Å². The number of hydrogen-bond acceptors (Lipinski definition) is 3. The van der Waals surface area contributed by atoms with Gasteiger partial charge in [0.1, 0.15) is 5.69 Å². The maximum atomic E-state index is 12.5. The van der Waals surface area contributed by atoms with Crippen molar-refractivity contribution in [1.82, 2.24) is 4.98 Å². The van der Waals surface area contributed by atoms with E-state index < -0.39 is 0 Å². The van der Waals surface area contributed by atoms with Gasteiger partial charge in [-0.1, -0.05) is 36.4 Å². The summed E-state index contributed by atoms with van der Waals surface area (Å²) in [5.74, 6) is -0.214. The number of anilines is 2. The van der Waals surface area contributed by atoms with Gasteiger partial charge in [-0.25, -0.2) is 0 Å². The topological polar surface area (TPSA) is 54.0 Å². The highest BCUT2D eigenvalue weighted by Gasteiger charge is 2.09. The van der Waals surface area contributed by atoms with E-state index in [9.17, 15) is 4.79 Å². The van der Waals surface area contributed by atoms with Gasteiger partial charge in [0.2, 0.25) is 0 Å². The van der Waals surface area contributed by atoms with Gasteiger partial charge in [0.15, 0.2) is 0 Å². The maximum Gasteiger partial charge on any atom is 0.274 e. The second kappa shape index (κ2) is 7.62. The molecule has 0 radical (unpaired) electrons. The SMILES string of the molecule is Cc1cc(C)cc(NC(=O)c2cc(NCc3ccccc3)ccn2)c1. The third kappa shape index (κ3) is 4.67. The summed E-state index contributed by atoms with van der Waals surface area (Å²) in [4.78, 5) is 16.6. The van der Waals surface area contributed by atoms with E-state index in [0.717, 1.165) is 22.5 Å². The Bertz CT molecular complexity index is 855. The van der Waals surface area contributed by atoms with Gasteiger partial charge in [0.05, 0.1) is 0 Å². The monoisotopic (exact) mass is 331 g/mol. The highest BCUT2D eigenvalue weighted by Crippen LogP contribution is 2.16. The minimum Gasteiger partial charge on any atom is -0.381 e. The number of aryl methyl sites for hydroxylation is 2. The Kier molecular flexibility index (Phi) is 5.09. The van der Waals surface area contributed by atoms with Crippen molar-refractivity contribution in [3.8, 4) is 0 Å². The molecule has 126 valence electrons. The van der Waals surface area contributed by atoms with Gasteiger partial charge < -0.3 is 10.6 Å². The molecule has 4 nitrogen and oxygen atoms in total. The van der Waals surface area contributed by atoms with Crippen molar-refractivity contribution in [1.29, 1.82) is 0 Å². The fourth-order valence-electron chi connectivity index (χ4n) is 2.71. The standard InChI is InChI=1S/C21H21N3O/c1-15-10-16(2)12-19(11-15)24-21(25)20-13-18(8-9-22-20)23-14-17-6-4-3-5-7-17/h3-13H,14H2,1-2H3,(H,22,23)(H,24,25). The number of aromatic nitrogens is 1. The lowest BCUT2D eigenvalue weighted by molar-refractivity contribution is 0.102. The van der Waals surface area contributed by atoms with Crippen LogP contribution in [0, 0.1) is 13.8 Å². The molecule has 0 aliphatic rings. The zero-order valence-electron chi connectivity index (χ0n) is 14.4. The van der Waals surface area contributed by atoms with Crippen molar-refractivity contribution in [3.63, 3.8) is 0 Å². The van der Waals surface area contributed by atoms with Crippen molar-refractivity contribution in [2.45, 2.75) is 20.4 Å². The van der Waals surface area contributed by atoms with Gasteiger partial charge in [-0.3, -0.25) is 9.78 Å². The molecule has 3 rings (SSSR count). The molecule has 0 spiro atoms. The molecule has 3 aromatic rings. The second-order valence-electron chi connectivity index (χ2n) is 6.10. The Morgan fingerprint density at radius 2 is 1.64 bits per heavy atom. The summed E-state index contributed by atoms with van der Waals surface area (Å²) in [5, 5.41) is 6.23. The predicted octanol–water partition coefficient (Wildman–Crippen LogP) is 4.56. The van der Waals surface area contributed by atoms with Crippen LogP contribution in [0.3, 0.4) is 0 Å². The molecule has 0 bridgehead atoms. The van der Waals surface area contributed by atoms with E-state index in [4.69, 9.17) is 0 Å². The molecule has 2 aromatic carbocycles. The zero-order chi connectivity index (χ0) is 17.6. The van der Waals surface area contributed by atoms with Gasteiger partial charge in [-0.2, -0.15) is 0 Å². The van der Waals surface area contributed by atoms with Crippen LogP contribution in [0.2, 0.25) is 0 Å². The fraction of sp³-hybridized carbons (Fsp3) is 0.143. The first-order valence-corrected chi connectivity index (χ1v) is 8.24. The third-order valence-corrected chi connectivity index (χ3v) is 3.81. The van der Waals surface area contributed by atoms with Gasteiger partial charge in [0, 0.05) is 24.1 Å². The largest absolute Gasteiger partial charge is 0.381 e. The summed E-state index contributed by atoms with van der Waals surface area (Å²) >= 11 is 0. The molecule has 1 amide bonds. The minimum atomic E-state index is -0.214. The summed E-state index contributed by atoms with van der Waals surface area (Å²) in [5.41, 5.74) is 5.44. The normalized spacial score (nSPS) is 10.3. The van der Waals surface area contributed by atoms with Crippen LogP contribution >= 0.6 is 0 Å². The van der Waals surface area contributed by atoms with Crippen LogP contribution in [0.25, 0.3) is 0 Å². The lowest BCUT2D eigenvalue weighted by Crippen LogP contribution is -2.14. The molecule has 0 saturated carbocycles. The summed E-state index contributed by atoms with van der Waals surface area (Å²) in [6, 6.07) is 19.7. The maximum absolute atomic E-state index is 12.5. The van der Waals surface area contributed by atoms with E-state index in [0.29, 0.717) is 12.2 Å². The summed E-state index contributed by atoms with van der Waals surface area (Å²) in [7, 11) is 0. The fourth-order valence-corrected chi connectivity index (χ4v) is 2.71. The molecule has 0 atom stereocenters. The Morgan fingerprint density at radius 1 is 0.920 bits per heavy atom. The molecule has 0 fully saturated rings. The smallest absolute Gasteiger partial charge is 0.274 e. The van der Waals surface area contributed by atoms with Gasteiger partial charge in [-0.15, -0.1) is 0 Å². The van der Waals surface area contributed by atoms with Crippen molar-refractivity contribution < 1.29 is 4.79 Å². The van der Waals surface area contributed by atoms with E-state index in [1.165, 1.54) is 5.56 Å². The lowest BCUT2D eigenvalue weighted by atomic mass is 10.1. The Morgan fingerprint density at radius 3 is 2.36 bits per heavy atom. The number of benzene rings is 2. The summed E-state index contributed by atoms with van der Waals surface area (Å²) in [6.45, 7) is 4.72. The van der Waals surface area contributed by atoms with Crippen molar-refractivity contribution in [3.05, 3.63) is 89.2 Å². The van der Waals surface area contributed by atoms with Crippen molar-refractivity contribution in [2.24, 2.45) is 0 Å². The van der Waals surface area contributed by atoms with Crippen LogP contribution in [-0.2, 0) is 6.54 Å². The Labute approximate surface area is 147 Å². The highest BCUT2D eigenvalue weighted by atomic mass is 16.1. The Balaban J connectivity index is 1.68. The first-order chi connectivity index (χ1) is 12.1. The van der Waals surface area contributed by atoms with E-state index in [-0.39, 0.29) is 5.91 Å². The van der Waals surface area contributed by atoms with E-state index >= 15 is 0 Å².